The Hall–Kier alpha value is -6.18. The Morgan fingerprint density at radius 2 is 0.851 bits per heavy atom. The number of rotatable bonds is 3. The van der Waals surface area contributed by atoms with Crippen LogP contribution in [-0.2, 0) is 0 Å². The number of hydrogen-bond donors (Lipinski definition) is 0. The van der Waals surface area contributed by atoms with Crippen molar-refractivity contribution in [3.05, 3.63) is 170 Å². The zero-order chi connectivity index (χ0) is 30.9. The molecule has 218 valence electrons. The highest BCUT2D eigenvalue weighted by Gasteiger charge is 2.22. The van der Waals surface area contributed by atoms with Crippen molar-refractivity contribution in [3.8, 4) is 56.0 Å². The van der Waals surface area contributed by atoms with Crippen LogP contribution in [0.25, 0.3) is 87.6 Å². The fourth-order valence-electron chi connectivity index (χ4n) is 7.67. The molecule has 0 aliphatic carbocycles. The van der Waals surface area contributed by atoms with Gasteiger partial charge in [-0.1, -0.05) is 146 Å². The molecule has 1 aliphatic rings. The maximum Gasteiger partial charge on any atom is 0.135 e. The molecule has 9 aromatic rings. The van der Waals surface area contributed by atoms with Gasteiger partial charge in [-0.25, -0.2) is 0 Å². The second-order valence-electron chi connectivity index (χ2n) is 12.5. The summed E-state index contributed by atoms with van der Waals surface area (Å²) >= 11 is 0. The fraction of sp³-hybridized carbons (Fsp3) is 0. The molecular formula is C46H28O. The second kappa shape index (κ2) is 10.2. The lowest BCUT2D eigenvalue weighted by Crippen LogP contribution is -1.97. The van der Waals surface area contributed by atoms with Gasteiger partial charge in [0.25, 0.3) is 0 Å². The van der Waals surface area contributed by atoms with Gasteiger partial charge in [0.15, 0.2) is 0 Å². The molecule has 1 heterocycles. The molecular weight excluding hydrogens is 569 g/mol. The monoisotopic (exact) mass is 596 g/mol. The highest BCUT2D eigenvalue weighted by molar-refractivity contribution is 6.21. The Balaban J connectivity index is 1.16. The van der Waals surface area contributed by atoms with Gasteiger partial charge in [-0.05, 0) is 101 Å². The molecule has 47 heavy (non-hydrogen) atoms. The summed E-state index contributed by atoms with van der Waals surface area (Å²) in [5.74, 6) is 1.82. The molecule has 0 atom stereocenters. The van der Waals surface area contributed by atoms with Crippen LogP contribution in [0.1, 0.15) is 0 Å². The average molecular weight is 597 g/mol. The van der Waals surface area contributed by atoms with Gasteiger partial charge in [-0.15, -0.1) is 0 Å². The minimum atomic E-state index is 0.900. The van der Waals surface area contributed by atoms with Crippen LogP contribution in [0.5, 0.6) is 11.5 Å². The summed E-state index contributed by atoms with van der Waals surface area (Å²) in [6, 6.07) is 61.6. The number of benzene rings is 9. The molecule has 10 rings (SSSR count). The quantitative estimate of drug-likeness (QED) is 0.184. The minimum absolute atomic E-state index is 0.900. The number of hydrogen-bond acceptors (Lipinski definition) is 1. The summed E-state index contributed by atoms with van der Waals surface area (Å²) in [7, 11) is 0. The van der Waals surface area contributed by atoms with E-state index in [4.69, 9.17) is 4.74 Å². The van der Waals surface area contributed by atoms with Crippen molar-refractivity contribution in [1.82, 2.24) is 0 Å². The first kappa shape index (κ1) is 26.1. The SMILES string of the molecule is c1ccc2cc(-c3ccc(-c4c5ccccc5c(-c5ccc6c(c5)-c5cccc7cccc(c57)O6)c5ccccc45)cc3)ccc2c1. The largest absolute Gasteiger partial charge is 0.456 e. The van der Waals surface area contributed by atoms with Crippen LogP contribution < -0.4 is 4.74 Å². The Kier molecular flexibility index (Phi) is 5.64. The maximum absolute atomic E-state index is 6.45. The van der Waals surface area contributed by atoms with Crippen molar-refractivity contribution in [2.24, 2.45) is 0 Å². The predicted octanol–water partition coefficient (Wildman–Crippen LogP) is 13.1. The van der Waals surface area contributed by atoms with E-state index in [0.29, 0.717) is 0 Å². The van der Waals surface area contributed by atoms with Crippen LogP contribution in [0.15, 0.2) is 170 Å². The van der Waals surface area contributed by atoms with Crippen LogP contribution in [0.2, 0.25) is 0 Å². The summed E-state index contributed by atoms with van der Waals surface area (Å²) in [6.45, 7) is 0. The van der Waals surface area contributed by atoms with Crippen molar-refractivity contribution in [2.45, 2.75) is 0 Å². The molecule has 1 heteroatoms. The Morgan fingerprint density at radius 3 is 1.57 bits per heavy atom. The third kappa shape index (κ3) is 4.03. The second-order valence-corrected chi connectivity index (χ2v) is 12.5. The van der Waals surface area contributed by atoms with E-state index in [1.54, 1.807) is 0 Å². The number of ether oxygens (including phenoxy) is 1. The van der Waals surface area contributed by atoms with Crippen molar-refractivity contribution >= 4 is 43.1 Å². The minimum Gasteiger partial charge on any atom is -0.456 e. The first-order valence-electron chi connectivity index (χ1n) is 16.2. The zero-order valence-electron chi connectivity index (χ0n) is 25.6. The molecule has 1 aliphatic heterocycles. The summed E-state index contributed by atoms with van der Waals surface area (Å²) in [5, 5.41) is 9.89. The standard InChI is InChI=1S/C46H28O/c1-2-10-33-27-34(24-21-29(33)9-1)30-19-22-32(23-20-30)44-36-13-3-5-15-38(36)45(39-16-6-4-14-37(39)44)35-25-26-42-41(28-35)40-17-7-11-31-12-8-18-43(47-42)46(31)40/h1-28H. The predicted molar refractivity (Wildman–Crippen MR) is 198 cm³/mol. The van der Waals surface area contributed by atoms with Gasteiger partial charge in [0.1, 0.15) is 11.5 Å². The molecule has 0 fully saturated rings. The van der Waals surface area contributed by atoms with Crippen LogP contribution in [0, 0.1) is 0 Å². The van der Waals surface area contributed by atoms with Gasteiger partial charge >= 0.3 is 0 Å². The van der Waals surface area contributed by atoms with E-state index >= 15 is 0 Å². The summed E-state index contributed by atoms with van der Waals surface area (Å²) in [6.07, 6.45) is 0. The van der Waals surface area contributed by atoms with Crippen molar-refractivity contribution < 1.29 is 4.74 Å². The van der Waals surface area contributed by atoms with Crippen LogP contribution >= 0.6 is 0 Å². The lowest BCUT2D eigenvalue weighted by molar-refractivity contribution is 0.487. The lowest BCUT2D eigenvalue weighted by atomic mass is 9.84. The third-order valence-electron chi connectivity index (χ3n) is 9.83. The molecule has 9 aromatic carbocycles. The van der Waals surface area contributed by atoms with Crippen LogP contribution in [0.4, 0.5) is 0 Å². The smallest absolute Gasteiger partial charge is 0.135 e. The first-order chi connectivity index (χ1) is 23.3. The van der Waals surface area contributed by atoms with Gasteiger partial charge in [0, 0.05) is 10.9 Å². The molecule has 0 aromatic heterocycles. The summed E-state index contributed by atoms with van der Waals surface area (Å²) < 4.78 is 6.45. The van der Waals surface area contributed by atoms with Gasteiger partial charge < -0.3 is 4.74 Å². The van der Waals surface area contributed by atoms with E-state index in [9.17, 15) is 0 Å². The third-order valence-corrected chi connectivity index (χ3v) is 9.83. The van der Waals surface area contributed by atoms with E-state index in [1.165, 1.54) is 82.0 Å². The molecule has 0 saturated heterocycles. The summed E-state index contributed by atoms with van der Waals surface area (Å²) in [5.41, 5.74) is 9.73. The van der Waals surface area contributed by atoms with E-state index in [0.717, 1.165) is 17.1 Å². The summed E-state index contributed by atoms with van der Waals surface area (Å²) in [4.78, 5) is 0. The van der Waals surface area contributed by atoms with Crippen LogP contribution in [0.3, 0.4) is 0 Å². The number of fused-ring (bicyclic) bond motifs is 5. The van der Waals surface area contributed by atoms with Gasteiger partial charge in [-0.2, -0.15) is 0 Å². The highest BCUT2D eigenvalue weighted by Crippen LogP contribution is 2.49. The van der Waals surface area contributed by atoms with E-state index in [-0.39, 0.29) is 0 Å². The Morgan fingerprint density at radius 1 is 0.298 bits per heavy atom. The van der Waals surface area contributed by atoms with Gasteiger partial charge in [0.2, 0.25) is 0 Å². The van der Waals surface area contributed by atoms with E-state index in [1.807, 2.05) is 0 Å². The van der Waals surface area contributed by atoms with Crippen LogP contribution in [-0.4, -0.2) is 0 Å². The first-order valence-corrected chi connectivity index (χ1v) is 16.2. The Bertz CT molecular complexity index is 2640. The van der Waals surface area contributed by atoms with E-state index < -0.39 is 0 Å². The van der Waals surface area contributed by atoms with Gasteiger partial charge in [0.05, 0.1) is 0 Å². The molecule has 0 amide bonds. The fourth-order valence-corrected chi connectivity index (χ4v) is 7.67. The maximum atomic E-state index is 6.45. The average Bonchev–Trinajstić information content (AvgIpc) is 3.14. The molecule has 0 saturated carbocycles. The van der Waals surface area contributed by atoms with Crippen molar-refractivity contribution in [2.75, 3.05) is 0 Å². The normalized spacial score (nSPS) is 12.0. The lowest BCUT2D eigenvalue weighted by Gasteiger charge is -2.23. The van der Waals surface area contributed by atoms with Crippen molar-refractivity contribution in [1.29, 1.82) is 0 Å². The van der Waals surface area contributed by atoms with Gasteiger partial charge in [-0.3, -0.25) is 0 Å². The molecule has 0 bridgehead atoms. The molecule has 0 N–H and O–H groups in total. The topological polar surface area (TPSA) is 9.23 Å². The molecule has 0 radical (unpaired) electrons. The molecule has 0 spiro atoms. The Labute approximate surface area is 272 Å². The zero-order valence-corrected chi connectivity index (χ0v) is 25.6. The highest BCUT2D eigenvalue weighted by atomic mass is 16.5. The van der Waals surface area contributed by atoms with Crippen molar-refractivity contribution in [3.63, 3.8) is 0 Å². The molecule has 0 unspecified atom stereocenters. The molecule has 1 nitrogen and oxygen atoms in total. The van der Waals surface area contributed by atoms with E-state index in [2.05, 4.69) is 170 Å².